The zero-order chi connectivity index (χ0) is 15.7. The van der Waals surface area contributed by atoms with Crippen molar-refractivity contribution in [3.8, 4) is 5.75 Å². The van der Waals surface area contributed by atoms with Crippen molar-refractivity contribution in [2.45, 2.75) is 33.1 Å². The van der Waals surface area contributed by atoms with Gasteiger partial charge in [0, 0.05) is 12.2 Å². The molecule has 0 N–H and O–H groups in total. The third-order valence-electron chi connectivity index (χ3n) is 4.13. The van der Waals surface area contributed by atoms with Crippen LogP contribution < -0.4 is 9.64 Å². The van der Waals surface area contributed by atoms with Crippen LogP contribution in [0.3, 0.4) is 0 Å². The van der Waals surface area contributed by atoms with Crippen LogP contribution in [0.4, 0.5) is 5.69 Å². The number of carbonyl (C=O) groups excluding carboxylic acids is 1. The van der Waals surface area contributed by atoms with Crippen LogP contribution in [-0.2, 0) is 12.8 Å². The molecule has 1 amide bonds. The fraction of sp³-hybridized carbons (Fsp3) is 0.412. The van der Waals surface area contributed by atoms with Crippen LogP contribution in [0.5, 0.6) is 5.75 Å². The van der Waals surface area contributed by atoms with Crippen LogP contribution >= 0.6 is 0 Å². The summed E-state index contributed by atoms with van der Waals surface area (Å²) in [6.07, 6.45) is 2.58. The highest BCUT2D eigenvalue weighted by Crippen LogP contribution is 2.32. The number of nitrogens with zero attached hydrogens (tertiary/aromatic N) is 2. The monoisotopic (exact) mass is 300 g/mol. The predicted molar refractivity (Wildman–Crippen MR) is 83.6 cm³/mol. The molecule has 5 heteroatoms. The zero-order valence-electron chi connectivity index (χ0n) is 13.2. The number of amides is 1. The van der Waals surface area contributed by atoms with E-state index in [1.54, 1.807) is 14.0 Å². The van der Waals surface area contributed by atoms with E-state index in [1.165, 1.54) is 0 Å². The Labute approximate surface area is 129 Å². The maximum atomic E-state index is 13.0. The quantitative estimate of drug-likeness (QED) is 0.873. The first kappa shape index (κ1) is 14.6. The second-order valence-corrected chi connectivity index (χ2v) is 5.47. The van der Waals surface area contributed by atoms with Crippen molar-refractivity contribution in [3.05, 3.63) is 40.8 Å². The summed E-state index contributed by atoms with van der Waals surface area (Å²) >= 11 is 0. The fourth-order valence-electron chi connectivity index (χ4n) is 2.98. The maximum Gasteiger partial charge on any atom is 0.263 e. The first-order valence-corrected chi connectivity index (χ1v) is 7.59. The summed E-state index contributed by atoms with van der Waals surface area (Å²) in [4.78, 5) is 14.8. The van der Waals surface area contributed by atoms with Gasteiger partial charge in [0.05, 0.1) is 12.8 Å². The number of rotatable bonds is 3. The number of fused-ring (bicyclic) bond motifs is 1. The Morgan fingerprint density at radius 3 is 3.00 bits per heavy atom. The standard InChI is InChI=1S/C17H20N2O3/c1-4-14-16(11(2)22-18-14)17(20)19-9-5-6-12-10-13(21-3)7-8-15(12)19/h7-8,10H,4-6,9H2,1-3H3. The van der Waals surface area contributed by atoms with Crippen LogP contribution in [0, 0.1) is 6.92 Å². The van der Waals surface area contributed by atoms with E-state index in [9.17, 15) is 4.79 Å². The van der Waals surface area contributed by atoms with Crippen LogP contribution in [0.1, 0.15) is 40.7 Å². The van der Waals surface area contributed by atoms with E-state index in [2.05, 4.69) is 5.16 Å². The molecule has 1 aliphatic rings. The Bertz CT molecular complexity index is 706. The van der Waals surface area contributed by atoms with Crippen LogP contribution in [0.25, 0.3) is 0 Å². The lowest BCUT2D eigenvalue weighted by atomic mass is 10.00. The summed E-state index contributed by atoms with van der Waals surface area (Å²) in [7, 11) is 1.65. The average Bonchev–Trinajstić information content (AvgIpc) is 2.93. The van der Waals surface area contributed by atoms with Gasteiger partial charge in [0.1, 0.15) is 17.1 Å². The second-order valence-electron chi connectivity index (χ2n) is 5.47. The normalized spacial score (nSPS) is 13.9. The van der Waals surface area contributed by atoms with Gasteiger partial charge < -0.3 is 14.2 Å². The van der Waals surface area contributed by atoms with Gasteiger partial charge in [-0.05, 0) is 49.9 Å². The number of ether oxygens (including phenoxy) is 1. The molecule has 1 aliphatic heterocycles. The van der Waals surface area contributed by atoms with E-state index in [1.807, 2.05) is 30.0 Å². The minimum atomic E-state index is -0.0262. The molecule has 2 aromatic rings. The van der Waals surface area contributed by atoms with E-state index >= 15 is 0 Å². The largest absolute Gasteiger partial charge is 0.497 e. The molecule has 2 heterocycles. The van der Waals surface area contributed by atoms with Crippen molar-refractivity contribution in [2.75, 3.05) is 18.6 Å². The predicted octanol–water partition coefficient (Wildman–Crippen LogP) is 3.15. The molecule has 0 atom stereocenters. The molecule has 1 aromatic heterocycles. The SMILES string of the molecule is CCc1noc(C)c1C(=O)N1CCCc2cc(OC)ccc21. The number of carbonyl (C=O) groups is 1. The molecule has 0 aliphatic carbocycles. The van der Waals surface area contributed by atoms with Gasteiger partial charge in [-0.25, -0.2) is 0 Å². The van der Waals surface area contributed by atoms with Gasteiger partial charge in [-0.2, -0.15) is 0 Å². The van der Waals surface area contributed by atoms with Crippen molar-refractivity contribution in [2.24, 2.45) is 0 Å². The van der Waals surface area contributed by atoms with Gasteiger partial charge in [-0.3, -0.25) is 4.79 Å². The first-order valence-electron chi connectivity index (χ1n) is 7.59. The second kappa shape index (κ2) is 5.83. The van der Waals surface area contributed by atoms with Crippen molar-refractivity contribution < 1.29 is 14.1 Å². The molecular weight excluding hydrogens is 280 g/mol. The molecule has 0 saturated carbocycles. The zero-order valence-corrected chi connectivity index (χ0v) is 13.2. The molecule has 22 heavy (non-hydrogen) atoms. The topological polar surface area (TPSA) is 55.6 Å². The number of hydrogen-bond acceptors (Lipinski definition) is 4. The summed E-state index contributed by atoms with van der Waals surface area (Å²) in [6.45, 7) is 4.48. The summed E-state index contributed by atoms with van der Waals surface area (Å²) < 4.78 is 10.5. The van der Waals surface area contributed by atoms with Gasteiger partial charge in [-0.1, -0.05) is 12.1 Å². The molecule has 0 radical (unpaired) electrons. The van der Waals surface area contributed by atoms with Crippen molar-refractivity contribution in [3.63, 3.8) is 0 Å². The Morgan fingerprint density at radius 2 is 2.27 bits per heavy atom. The Balaban J connectivity index is 2.00. The van der Waals surface area contributed by atoms with Gasteiger partial charge in [0.2, 0.25) is 0 Å². The third kappa shape index (κ3) is 2.36. The number of aryl methyl sites for hydroxylation is 3. The molecule has 0 saturated heterocycles. The van der Waals surface area contributed by atoms with E-state index in [0.717, 1.165) is 35.5 Å². The smallest absolute Gasteiger partial charge is 0.263 e. The third-order valence-corrected chi connectivity index (χ3v) is 4.13. The summed E-state index contributed by atoms with van der Waals surface area (Å²) in [5.74, 6) is 1.38. The number of aromatic nitrogens is 1. The lowest BCUT2D eigenvalue weighted by Crippen LogP contribution is -2.36. The lowest BCUT2D eigenvalue weighted by Gasteiger charge is -2.29. The Morgan fingerprint density at radius 1 is 1.45 bits per heavy atom. The summed E-state index contributed by atoms with van der Waals surface area (Å²) in [6, 6.07) is 5.86. The van der Waals surface area contributed by atoms with Crippen molar-refractivity contribution >= 4 is 11.6 Å². The lowest BCUT2D eigenvalue weighted by molar-refractivity contribution is 0.0983. The van der Waals surface area contributed by atoms with Gasteiger partial charge in [-0.15, -0.1) is 0 Å². The highest BCUT2D eigenvalue weighted by molar-refractivity contribution is 6.08. The summed E-state index contributed by atoms with van der Waals surface area (Å²) in [5, 5.41) is 3.99. The molecule has 0 bridgehead atoms. The maximum absolute atomic E-state index is 13.0. The molecule has 3 rings (SSSR count). The number of anilines is 1. The van der Waals surface area contributed by atoms with E-state index in [4.69, 9.17) is 9.26 Å². The molecular formula is C17H20N2O3. The highest BCUT2D eigenvalue weighted by atomic mass is 16.5. The Hall–Kier alpha value is -2.30. The molecule has 0 spiro atoms. The van der Waals surface area contributed by atoms with Gasteiger partial charge in [0.25, 0.3) is 5.91 Å². The van der Waals surface area contributed by atoms with Crippen LogP contribution in [0.2, 0.25) is 0 Å². The number of benzene rings is 1. The van der Waals surface area contributed by atoms with Gasteiger partial charge >= 0.3 is 0 Å². The molecule has 0 unspecified atom stereocenters. The summed E-state index contributed by atoms with van der Waals surface area (Å²) in [5.41, 5.74) is 3.43. The molecule has 0 fully saturated rings. The number of methoxy groups -OCH3 is 1. The Kier molecular flexibility index (Phi) is 3.88. The average molecular weight is 300 g/mol. The molecule has 116 valence electrons. The fourth-order valence-corrected chi connectivity index (χ4v) is 2.98. The minimum absolute atomic E-state index is 0.0262. The van der Waals surface area contributed by atoms with E-state index in [0.29, 0.717) is 24.3 Å². The molecule has 5 nitrogen and oxygen atoms in total. The van der Waals surface area contributed by atoms with Crippen LogP contribution in [-0.4, -0.2) is 24.7 Å². The first-order chi connectivity index (χ1) is 10.7. The minimum Gasteiger partial charge on any atom is -0.497 e. The highest BCUT2D eigenvalue weighted by Gasteiger charge is 2.28. The number of hydrogen-bond donors (Lipinski definition) is 0. The van der Waals surface area contributed by atoms with E-state index < -0.39 is 0 Å². The van der Waals surface area contributed by atoms with Crippen LogP contribution in [0.15, 0.2) is 22.7 Å². The van der Waals surface area contributed by atoms with E-state index in [-0.39, 0.29) is 5.91 Å². The van der Waals surface area contributed by atoms with Crippen molar-refractivity contribution in [1.29, 1.82) is 0 Å². The van der Waals surface area contributed by atoms with Crippen molar-refractivity contribution in [1.82, 2.24) is 5.16 Å². The molecule has 1 aromatic carbocycles. The van der Waals surface area contributed by atoms with Gasteiger partial charge in [0.15, 0.2) is 0 Å².